The van der Waals surface area contributed by atoms with Crippen LogP contribution in [0.1, 0.15) is 28.7 Å². The Kier molecular flexibility index (Phi) is 4.41. The second kappa shape index (κ2) is 5.60. The molecule has 0 heterocycles. The van der Waals surface area contributed by atoms with Crippen molar-refractivity contribution >= 4 is 17.6 Å². The van der Waals surface area contributed by atoms with Crippen molar-refractivity contribution < 1.29 is 18.7 Å². The number of aliphatic carboxylic acids is 1. The SMILES string of the molecule is N#Cc1ccc(C(F)F)c(CCl)c1CC(=O)O. The maximum atomic E-state index is 12.7. The van der Waals surface area contributed by atoms with Crippen LogP contribution in [-0.2, 0) is 17.1 Å². The second-order valence-electron chi connectivity index (χ2n) is 3.28. The fourth-order valence-corrected chi connectivity index (χ4v) is 1.85. The van der Waals surface area contributed by atoms with Crippen LogP contribution in [0.5, 0.6) is 0 Å². The van der Waals surface area contributed by atoms with Crippen LogP contribution in [0, 0.1) is 11.3 Å². The van der Waals surface area contributed by atoms with Crippen molar-refractivity contribution in [3.8, 4) is 6.07 Å². The number of halogens is 3. The summed E-state index contributed by atoms with van der Waals surface area (Å²) in [5.41, 5.74) is -0.168. The number of benzene rings is 1. The molecule has 1 rings (SSSR count). The quantitative estimate of drug-likeness (QED) is 0.846. The van der Waals surface area contributed by atoms with Crippen LogP contribution >= 0.6 is 11.6 Å². The van der Waals surface area contributed by atoms with E-state index in [1.165, 1.54) is 6.07 Å². The predicted octanol–water partition coefficient (Wildman–Crippen LogP) is 2.86. The lowest BCUT2D eigenvalue weighted by molar-refractivity contribution is -0.136. The highest BCUT2D eigenvalue weighted by molar-refractivity contribution is 6.17. The largest absolute Gasteiger partial charge is 0.481 e. The Morgan fingerprint density at radius 3 is 2.53 bits per heavy atom. The molecule has 0 amide bonds. The molecule has 0 atom stereocenters. The van der Waals surface area contributed by atoms with Gasteiger partial charge in [-0.15, -0.1) is 11.6 Å². The van der Waals surface area contributed by atoms with E-state index in [2.05, 4.69) is 0 Å². The summed E-state index contributed by atoms with van der Waals surface area (Å²) >= 11 is 5.56. The number of carboxylic acids is 1. The van der Waals surface area contributed by atoms with E-state index >= 15 is 0 Å². The van der Waals surface area contributed by atoms with Crippen molar-refractivity contribution in [3.05, 3.63) is 34.4 Å². The van der Waals surface area contributed by atoms with Gasteiger partial charge >= 0.3 is 5.97 Å². The van der Waals surface area contributed by atoms with Gasteiger partial charge in [-0.2, -0.15) is 5.26 Å². The van der Waals surface area contributed by atoms with E-state index in [1.807, 2.05) is 0 Å². The second-order valence-corrected chi connectivity index (χ2v) is 3.54. The summed E-state index contributed by atoms with van der Waals surface area (Å²) in [5, 5.41) is 17.5. The Morgan fingerprint density at radius 2 is 2.12 bits per heavy atom. The van der Waals surface area contributed by atoms with E-state index in [9.17, 15) is 13.6 Å². The molecule has 0 radical (unpaired) electrons. The molecule has 6 heteroatoms. The molecule has 90 valence electrons. The number of nitriles is 1. The Balaban J connectivity index is 3.44. The fraction of sp³-hybridized carbons (Fsp3) is 0.273. The molecule has 3 nitrogen and oxygen atoms in total. The van der Waals surface area contributed by atoms with Crippen molar-refractivity contribution in [2.24, 2.45) is 0 Å². The zero-order valence-corrected chi connectivity index (χ0v) is 9.34. The molecule has 0 saturated heterocycles. The lowest BCUT2D eigenvalue weighted by Crippen LogP contribution is -2.08. The Labute approximate surface area is 101 Å². The molecule has 0 aliphatic carbocycles. The molecular formula is C11H8ClF2NO2. The van der Waals surface area contributed by atoms with Gasteiger partial charge in [0.1, 0.15) is 0 Å². The first kappa shape index (κ1) is 13.4. The monoisotopic (exact) mass is 259 g/mol. The van der Waals surface area contributed by atoms with Crippen LogP contribution in [0.15, 0.2) is 12.1 Å². The first-order chi connectivity index (χ1) is 8.01. The molecule has 0 spiro atoms. The van der Waals surface area contributed by atoms with E-state index in [0.717, 1.165) is 6.07 Å². The van der Waals surface area contributed by atoms with Gasteiger partial charge in [-0.1, -0.05) is 6.07 Å². The van der Waals surface area contributed by atoms with Gasteiger partial charge in [-0.05, 0) is 17.2 Å². The van der Waals surface area contributed by atoms with Crippen LogP contribution in [0.2, 0.25) is 0 Å². The van der Waals surface area contributed by atoms with Gasteiger partial charge in [0.05, 0.1) is 18.1 Å². The maximum Gasteiger partial charge on any atom is 0.307 e. The smallest absolute Gasteiger partial charge is 0.307 e. The van der Waals surface area contributed by atoms with Gasteiger partial charge in [0.25, 0.3) is 6.43 Å². The van der Waals surface area contributed by atoms with Crippen LogP contribution in [-0.4, -0.2) is 11.1 Å². The number of carbonyl (C=O) groups is 1. The topological polar surface area (TPSA) is 61.1 Å². The number of alkyl halides is 3. The van der Waals surface area contributed by atoms with Crippen molar-refractivity contribution in [3.63, 3.8) is 0 Å². The van der Waals surface area contributed by atoms with Gasteiger partial charge in [-0.3, -0.25) is 4.79 Å². The maximum absolute atomic E-state index is 12.7. The number of carboxylic acid groups (broad SMARTS) is 1. The van der Waals surface area contributed by atoms with Gasteiger partial charge in [0.15, 0.2) is 0 Å². The van der Waals surface area contributed by atoms with Crippen molar-refractivity contribution in [2.45, 2.75) is 18.7 Å². The molecule has 1 aromatic carbocycles. The average Bonchev–Trinajstić information content (AvgIpc) is 2.27. The minimum Gasteiger partial charge on any atom is -0.481 e. The zero-order valence-electron chi connectivity index (χ0n) is 8.58. The normalized spacial score (nSPS) is 10.3. The third-order valence-corrected chi connectivity index (χ3v) is 2.55. The summed E-state index contributed by atoms with van der Waals surface area (Å²) in [7, 11) is 0. The number of rotatable bonds is 4. The first-order valence-electron chi connectivity index (χ1n) is 4.62. The highest BCUT2D eigenvalue weighted by atomic mass is 35.5. The molecule has 1 aromatic rings. The summed E-state index contributed by atoms with van der Waals surface area (Å²) < 4.78 is 25.4. The zero-order chi connectivity index (χ0) is 13.0. The molecule has 0 saturated carbocycles. The molecule has 0 fully saturated rings. The van der Waals surface area contributed by atoms with Crippen molar-refractivity contribution in [2.75, 3.05) is 0 Å². The average molecular weight is 260 g/mol. The van der Waals surface area contributed by atoms with Crippen LogP contribution < -0.4 is 0 Å². The van der Waals surface area contributed by atoms with E-state index in [0.29, 0.717) is 0 Å². The highest BCUT2D eigenvalue weighted by Gasteiger charge is 2.19. The summed E-state index contributed by atoms with van der Waals surface area (Å²) in [6.07, 6.45) is -3.24. The molecule has 0 bridgehead atoms. The summed E-state index contributed by atoms with van der Waals surface area (Å²) in [6, 6.07) is 4.07. The van der Waals surface area contributed by atoms with Crippen molar-refractivity contribution in [1.82, 2.24) is 0 Å². The molecule has 0 aromatic heterocycles. The Morgan fingerprint density at radius 1 is 1.47 bits per heavy atom. The predicted molar refractivity (Wildman–Crippen MR) is 57.0 cm³/mol. The van der Waals surface area contributed by atoms with Crippen LogP contribution in [0.4, 0.5) is 8.78 Å². The van der Waals surface area contributed by atoms with Crippen molar-refractivity contribution in [1.29, 1.82) is 5.26 Å². The lowest BCUT2D eigenvalue weighted by Gasteiger charge is -2.12. The Hall–Kier alpha value is -1.67. The third kappa shape index (κ3) is 2.92. The molecule has 0 aliphatic heterocycles. The molecule has 17 heavy (non-hydrogen) atoms. The summed E-state index contributed by atoms with van der Waals surface area (Å²) in [6.45, 7) is 0. The van der Waals surface area contributed by atoms with Gasteiger partial charge in [0, 0.05) is 11.4 Å². The standard InChI is InChI=1S/C11H8ClF2NO2/c12-4-9-7(11(13)14)2-1-6(5-15)8(9)3-10(16)17/h1-2,11H,3-4H2,(H,16,17). The van der Waals surface area contributed by atoms with E-state index in [1.54, 1.807) is 6.07 Å². The number of nitrogens with zero attached hydrogens (tertiary/aromatic N) is 1. The van der Waals surface area contributed by atoms with Gasteiger partial charge < -0.3 is 5.11 Å². The lowest BCUT2D eigenvalue weighted by atomic mass is 9.95. The van der Waals surface area contributed by atoms with E-state index in [4.69, 9.17) is 22.0 Å². The highest BCUT2D eigenvalue weighted by Crippen LogP contribution is 2.29. The molecular weight excluding hydrogens is 252 g/mol. The van der Waals surface area contributed by atoms with Crippen LogP contribution in [0.25, 0.3) is 0 Å². The Bertz CT molecular complexity index is 483. The van der Waals surface area contributed by atoms with Crippen LogP contribution in [0.3, 0.4) is 0 Å². The number of hydrogen-bond donors (Lipinski definition) is 1. The molecule has 0 unspecified atom stereocenters. The van der Waals surface area contributed by atoms with Gasteiger partial charge in [-0.25, -0.2) is 8.78 Å². The summed E-state index contributed by atoms with van der Waals surface area (Å²) in [4.78, 5) is 10.6. The fourth-order valence-electron chi connectivity index (χ4n) is 1.53. The number of hydrogen-bond acceptors (Lipinski definition) is 2. The first-order valence-corrected chi connectivity index (χ1v) is 5.15. The van der Waals surface area contributed by atoms with Gasteiger partial charge in [0.2, 0.25) is 0 Å². The third-order valence-electron chi connectivity index (χ3n) is 2.28. The molecule has 1 N–H and O–H groups in total. The minimum atomic E-state index is -2.75. The molecule has 0 aliphatic rings. The van der Waals surface area contributed by atoms with E-state index < -0.39 is 18.8 Å². The van der Waals surface area contributed by atoms with E-state index in [-0.39, 0.29) is 28.1 Å². The summed E-state index contributed by atoms with van der Waals surface area (Å²) in [5.74, 6) is -1.45. The minimum absolute atomic E-state index is 0.0307.